The summed E-state index contributed by atoms with van der Waals surface area (Å²) in [6, 6.07) is 18.5. The van der Waals surface area contributed by atoms with Crippen LogP contribution in [0, 0.1) is 0 Å². The highest BCUT2D eigenvalue weighted by Gasteiger charge is 2.15. The SMILES string of the molecule is O=[SH](=O)C(c1ccccc1)c1ccccc1. The lowest BCUT2D eigenvalue weighted by atomic mass is 10.0. The van der Waals surface area contributed by atoms with Crippen LogP contribution >= 0.6 is 0 Å². The molecule has 0 aliphatic rings. The van der Waals surface area contributed by atoms with Crippen LogP contribution in [-0.2, 0) is 10.7 Å². The first-order valence-corrected chi connectivity index (χ1v) is 6.27. The van der Waals surface area contributed by atoms with Crippen molar-refractivity contribution in [3.63, 3.8) is 0 Å². The second-order valence-electron chi connectivity index (χ2n) is 3.51. The number of hydrogen-bond donors (Lipinski definition) is 1. The molecule has 2 nitrogen and oxygen atoms in total. The molecule has 16 heavy (non-hydrogen) atoms. The lowest BCUT2D eigenvalue weighted by molar-refractivity contribution is 0.608. The van der Waals surface area contributed by atoms with Crippen LogP contribution in [-0.4, -0.2) is 8.42 Å². The molecule has 2 rings (SSSR count). The lowest BCUT2D eigenvalue weighted by Gasteiger charge is -2.10. The van der Waals surface area contributed by atoms with Crippen molar-refractivity contribution in [2.75, 3.05) is 0 Å². The molecule has 0 heterocycles. The summed E-state index contributed by atoms with van der Waals surface area (Å²) in [7, 11) is -2.52. The molecule has 0 aliphatic carbocycles. The van der Waals surface area contributed by atoms with Crippen molar-refractivity contribution in [1.82, 2.24) is 0 Å². The molecule has 0 fully saturated rings. The van der Waals surface area contributed by atoms with Gasteiger partial charge in [0, 0.05) is 0 Å². The fraction of sp³-hybridized carbons (Fsp3) is 0.0769. The highest BCUT2D eigenvalue weighted by molar-refractivity contribution is 7.73. The van der Waals surface area contributed by atoms with E-state index in [1.54, 1.807) is 0 Å². The van der Waals surface area contributed by atoms with E-state index in [2.05, 4.69) is 0 Å². The van der Waals surface area contributed by atoms with Crippen molar-refractivity contribution in [2.45, 2.75) is 5.25 Å². The Balaban J connectivity index is 2.48. The van der Waals surface area contributed by atoms with Crippen LogP contribution < -0.4 is 0 Å². The van der Waals surface area contributed by atoms with Crippen LogP contribution in [0.3, 0.4) is 0 Å². The van der Waals surface area contributed by atoms with E-state index in [1.807, 2.05) is 60.7 Å². The van der Waals surface area contributed by atoms with E-state index in [0.717, 1.165) is 11.1 Å². The minimum Gasteiger partial charge on any atom is -0.231 e. The third kappa shape index (κ3) is 2.31. The van der Waals surface area contributed by atoms with Crippen molar-refractivity contribution in [2.24, 2.45) is 0 Å². The largest absolute Gasteiger partial charge is 0.231 e. The van der Waals surface area contributed by atoms with Gasteiger partial charge in [-0.05, 0) is 11.1 Å². The Labute approximate surface area is 96.5 Å². The molecule has 0 saturated heterocycles. The van der Waals surface area contributed by atoms with Gasteiger partial charge in [-0.1, -0.05) is 60.7 Å². The highest BCUT2D eigenvalue weighted by Crippen LogP contribution is 2.24. The number of rotatable bonds is 3. The van der Waals surface area contributed by atoms with Gasteiger partial charge in [0.2, 0.25) is 0 Å². The fourth-order valence-corrected chi connectivity index (χ4v) is 2.54. The second-order valence-corrected chi connectivity index (χ2v) is 4.60. The van der Waals surface area contributed by atoms with E-state index < -0.39 is 16.0 Å². The Hall–Kier alpha value is -1.61. The van der Waals surface area contributed by atoms with Crippen molar-refractivity contribution < 1.29 is 8.42 Å². The molecule has 0 N–H and O–H groups in total. The molecule has 3 heteroatoms. The minimum absolute atomic E-state index is 0.544. The molecule has 2 aromatic rings. The molecular formula is C13H12O2S. The average molecular weight is 232 g/mol. The summed E-state index contributed by atoms with van der Waals surface area (Å²) in [5.74, 6) is 0. The van der Waals surface area contributed by atoms with E-state index in [9.17, 15) is 8.42 Å². The zero-order valence-electron chi connectivity index (χ0n) is 8.61. The van der Waals surface area contributed by atoms with Crippen LogP contribution in [0.15, 0.2) is 60.7 Å². The van der Waals surface area contributed by atoms with Crippen LogP contribution in [0.4, 0.5) is 0 Å². The maximum Gasteiger partial charge on any atom is 0.151 e. The zero-order chi connectivity index (χ0) is 11.4. The van der Waals surface area contributed by atoms with Crippen LogP contribution in [0.5, 0.6) is 0 Å². The molecule has 82 valence electrons. The molecule has 0 aromatic heterocycles. The van der Waals surface area contributed by atoms with Gasteiger partial charge in [-0.2, -0.15) is 0 Å². The Morgan fingerprint density at radius 1 is 0.688 bits per heavy atom. The Morgan fingerprint density at radius 3 is 1.38 bits per heavy atom. The maximum atomic E-state index is 11.3. The summed E-state index contributed by atoms with van der Waals surface area (Å²) < 4.78 is 22.7. The van der Waals surface area contributed by atoms with Gasteiger partial charge < -0.3 is 0 Å². The van der Waals surface area contributed by atoms with Crippen molar-refractivity contribution in [3.8, 4) is 0 Å². The van der Waals surface area contributed by atoms with Gasteiger partial charge in [-0.3, -0.25) is 0 Å². The van der Waals surface area contributed by atoms with Gasteiger partial charge in [0.25, 0.3) is 0 Å². The minimum atomic E-state index is -2.52. The van der Waals surface area contributed by atoms with Gasteiger partial charge in [0.15, 0.2) is 10.7 Å². The quantitative estimate of drug-likeness (QED) is 0.824. The summed E-state index contributed by atoms with van der Waals surface area (Å²) in [6.07, 6.45) is 0. The van der Waals surface area contributed by atoms with Crippen molar-refractivity contribution in [3.05, 3.63) is 71.8 Å². The van der Waals surface area contributed by atoms with E-state index in [1.165, 1.54) is 0 Å². The van der Waals surface area contributed by atoms with Gasteiger partial charge in [0.05, 0.1) is 0 Å². The monoisotopic (exact) mass is 232 g/mol. The van der Waals surface area contributed by atoms with Crippen molar-refractivity contribution in [1.29, 1.82) is 0 Å². The van der Waals surface area contributed by atoms with E-state index in [4.69, 9.17) is 0 Å². The molecule has 2 aromatic carbocycles. The third-order valence-electron chi connectivity index (χ3n) is 2.44. The number of benzene rings is 2. The normalized spacial score (nSPS) is 10.9. The van der Waals surface area contributed by atoms with E-state index >= 15 is 0 Å². The van der Waals surface area contributed by atoms with Gasteiger partial charge in [-0.25, -0.2) is 8.42 Å². The summed E-state index contributed by atoms with van der Waals surface area (Å²) in [5, 5.41) is -0.544. The van der Waals surface area contributed by atoms with Crippen LogP contribution in [0.1, 0.15) is 16.4 Å². The average Bonchev–Trinajstić information content (AvgIpc) is 2.31. The Morgan fingerprint density at radius 2 is 1.06 bits per heavy atom. The predicted molar refractivity (Wildman–Crippen MR) is 65.0 cm³/mol. The smallest absolute Gasteiger partial charge is 0.151 e. The van der Waals surface area contributed by atoms with Crippen LogP contribution in [0.2, 0.25) is 0 Å². The number of thiol groups is 1. The summed E-state index contributed by atoms with van der Waals surface area (Å²) in [5.41, 5.74) is 1.62. The first-order chi connectivity index (χ1) is 7.79. The van der Waals surface area contributed by atoms with Gasteiger partial charge in [-0.15, -0.1) is 0 Å². The number of hydrogen-bond acceptors (Lipinski definition) is 2. The Bertz CT molecular complexity index is 471. The molecular weight excluding hydrogens is 220 g/mol. The molecule has 0 saturated carbocycles. The van der Waals surface area contributed by atoms with E-state index in [-0.39, 0.29) is 0 Å². The molecule has 0 bridgehead atoms. The molecule has 0 aliphatic heterocycles. The van der Waals surface area contributed by atoms with Gasteiger partial charge in [0.1, 0.15) is 5.25 Å². The Kier molecular flexibility index (Phi) is 3.37. The first kappa shape index (κ1) is 10.9. The predicted octanol–water partition coefficient (Wildman–Crippen LogP) is 2.39. The summed E-state index contributed by atoms with van der Waals surface area (Å²) >= 11 is 0. The molecule has 0 unspecified atom stereocenters. The molecule has 0 radical (unpaired) electrons. The second kappa shape index (κ2) is 4.94. The standard InChI is InChI=1S/C13H12O2S/c14-16(15)13(11-7-3-1-4-8-11)12-9-5-2-6-10-12/h1-10,13,16H. The van der Waals surface area contributed by atoms with E-state index in [0.29, 0.717) is 0 Å². The third-order valence-corrected chi connectivity index (χ3v) is 3.46. The fourth-order valence-electron chi connectivity index (χ4n) is 1.71. The lowest BCUT2D eigenvalue weighted by Crippen LogP contribution is -2.02. The van der Waals surface area contributed by atoms with Crippen molar-refractivity contribution >= 4 is 10.7 Å². The first-order valence-electron chi connectivity index (χ1n) is 5.02. The van der Waals surface area contributed by atoms with Crippen LogP contribution in [0.25, 0.3) is 0 Å². The maximum absolute atomic E-state index is 11.3. The molecule has 0 atom stereocenters. The summed E-state index contributed by atoms with van der Waals surface area (Å²) in [4.78, 5) is 0. The highest BCUT2D eigenvalue weighted by atomic mass is 32.2. The van der Waals surface area contributed by atoms with Gasteiger partial charge >= 0.3 is 0 Å². The topological polar surface area (TPSA) is 34.1 Å². The summed E-state index contributed by atoms with van der Waals surface area (Å²) in [6.45, 7) is 0. The zero-order valence-corrected chi connectivity index (χ0v) is 9.51. The molecule has 0 amide bonds. The molecule has 0 spiro atoms.